The molecule has 0 spiro atoms. The first-order valence-electron chi connectivity index (χ1n) is 3.59. The van der Waals surface area contributed by atoms with Gasteiger partial charge in [0.25, 0.3) is 0 Å². The van der Waals surface area contributed by atoms with Gasteiger partial charge in [-0.2, -0.15) is 0 Å². The summed E-state index contributed by atoms with van der Waals surface area (Å²) in [7, 11) is 0. The highest BCUT2D eigenvalue weighted by molar-refractivity contribution is 5.18. The monoisotopic (exact) mass is 150 g/mol. The van der Waals surface area contributed by atoms with Crippen molar-refractivity contribution in [3.63, 3.8) is 0 Å². The molecule has 0 aliphatic rings. The van der Waals surface area contributed by atoms with E-state index in [2.05, 4.69) is 11.1 Å². The Balaban J connectivity index is 2.93. The van der Waals surface area contributed by atoms with Crippen molar-refractivity contribution >= 4 is 0 Å². The van der Waals surface area contributed by atoms with Crippen molar-refractivity contribution in [3.8, 4) is 0 Å². The molecular formula is C9H12NO. The second kappa shape index (κ2) is 3.01. The Labute approximate surface area is 66.9 Å². The van der Waals surface area contributed by atoms with Crippen LogP contribution in [0.25, 0.3) is 0 Å². The van der Waals surface area contributed by atoms with Gasteiger partial charge in [0.15, 0.2) is 0 Å². The first-order valence-corrected chi connectivity index (χ1v) is 3.59. The fourth-order valence-corrected chi connectivity index (χ4v) is 0.786. The van der Waals surface area contributed by atoms with Gasteiger partial charge in [-0.25, -0.2) is 0 Å². The summed E-state index contributed by atoms with van der Waals surface area (Å²) >= 11 is 0. The molecule has 1 heterocycles. The van der Waals surface area contributed by atoms with Crippen LogP contribution in [0.4, 0.5) is 0 Å². The molecule has 0 unspecified atom stereocenters. The maximum atomic E-state index is 9.01. The Bertz CT molecular complexity index is 218. The minimum absolute atomic E-state index is 0.131. The van der Waals surface area contributed by atoms with Gasteiger partial charge in [-0.1, -0.05) is 13.8 Å². The van der Waals surface area contributed by atoms with E-state index in [0.29, 0.717) is 0 Å². The van der Waals surface area contributed by atoms with Gasteiger partial charge in [0, 0.05) is 23.9 Å². The molecule has 0 saturated carbocycles. The topological polar surface area (TPSA) is 33.1 Å². The van der Waals surface area contributed by atoms with Crippen molar-refractivity contribution in [3.05, 3.63) is 30.1 Å². The molecule has 0 fully saturated rings. The smallest absolute Gasteiger partial charge is 0.0523 e. The van der Waals surface area contributed by atoms with Crippen molar-refractivity contribution < 1.29 is 5.11 Å². The van der Waals surface area contributed by atoms with Gasteiger partial charge in [0.2, 0.25) is 0 Å². The van der Waals surface area contributed by atoms with Crippen LogP contribution in [0.3, 0.4) is 0 Å². The first-order chi connectivity index (χ1) is 5.17. The van der Waals surface area contributed by atoms with E-state index in [9.17, 15) is 0 Å². The Morgan fingerprint density at radius 2 is 2.36 bits per heavy atom. The standard InChI is InChI=1S/C9H12NO/c1-9(2,7-11)8-4-3-5-10-6-8/h4-6,11H,7H2,1-2H3. The fourth-order valence-electron chi connectivity index (χ4n) is 0.786. The van der Waals surface area contributed by atoms with Gasteiger partial charge in [-0.05, 0) is 11.6 Å². The SMILES string of the molecule is CC(C)(CO)c1c[c]cnc1. The average molecular weight is 150 g/mol. The van der Waals surface area contributed by atoms with Crippen LogP contribution in [0.1, 0.15) is 19.4 Å². The Hall–Kier alpha value is -0.890. The zero-order valence-electron chi connectivity index (χ0n) is 6.83. The van der Waals surface area contributed by atoms with E-state index in [1.165, 1.54) is 0 Å². The summed E-state index contributed by atoms with van der Waals surface area (Å²) < 4.78 is 0. The van der Waals surface area contributed by atoms with Crippen molar-refractivity contribution in [1.29, 1.82) is 0 Å². The van der Waals surface area contributed by atoms with E-state index in [1.807, 2.05) is 19.9 Å². The van der Waals surface area contributed by atoms with Crippen LogP contribution in [0.15, 0.2) is 18.5 Å². The largest absolute Gasteiger partial charge is 0.395 e. The van der Waals surface area contributed by atoms with E-state index >= 15 is 0 Å². The highest BCUT2D eigenvalue weighted by Crippen LogP contribution is 2.20. The van der Waals surface area contributed by atoms with Gasteiger partial charge in [-0.3, -0.25) is 4.98 Å². The lowest BCUT2D eigenvalue weighted by molar-refractivity contribution is 0.218. The molecule has 0 atom stereocenters. The molecule has 0 bridgehead atoms. The van der Waals surface area contributed by atoms with E-state index in [-0.39, 0.29) is 12.0 Å². The summed E-state index contributed by atoms with van der Waals surface area (Å²) in [5, 5.41) is 9.01. The Kier molecular flexibility index (Phi) is 2.25. The lowest BCUT2D eigenvalue weighted by Crippen LogP contribution is -2.21. The van der Waals surface area contributed by atoms with Crippen molar-refractivity contribution in [2.75, 3.05) is 6.61 Å². The number of aliphatic hydroxyl groups excluding tert-OH is 1. The predicted octanol–water partition coefficient (Wildman–Crippen LogP) is 1.15. The van der Waals surface area contributed by atoms with Crippen LogP contribution in [0.2, 0.25) is 0 Å². The van der Waals surface area contributed by atoms with Gasteiger partial charge >= 0.3 is 0 Å². The maximum absolute atomic E-state index is 9.01. The summed E-state index contributed by atoms with van der Waals surface area (Å²) in [4.78, 5) is 3.93. The van der Waals surface area contributed by atoms with Crippen molar-refractivity contribution in [2.24, 2.45) is 0 Å². The number of hydrogen-bond donors (Lipinski definition) is 1. The lowest BCUT2D eigenvalue weighted by atomic mass is 9.87. The van der Waals surface area contributed by atoms with Gasteiger partial charge in [0.05, 0.1) is 6.61 Å². The zero-order chi connectivity index (χ0) is 8.32. The predicted molar refractivity (Wildman–Crippen MR) is 43.2 cm³/mol. The third-order valence-electron chi connectivity index (χ3n) is 1.78. The highest BCUT2D eigenvalue weighted by Gasteiger charge is 2.18. The summed E-state index contributed by atoms with van der Waals surface area (Å²) in [5.74, 6) is 0. The fraction of sp³-hybridized carbons (Fsp3) is 0.444. The second-order valence-electron chi connectivity index (χ2n) is 3.22. The molecule has 2 heteroatoms. The van der Waals surface area contributed by atoms with Gasteiger partial charge in [-0.15, -0.1) is 0 Å². The Morgan fingerprint density at radius 3 is 2.82 bits per heavy atom. The Morgan fingerprint density at radius 1 is 1.64 bits per heavy atom. The molecule has 0 saturated heterocycles. The molecular weight excluding hydrogens is 138 g/mol. The van der Waals surface area contributed by atoms with E-state index in [4.69, 9.17) is 5.11 Å². The molecule has 59 valence electrons. The van der Waals surface area contributed by atoms with Crippen LogP contribution in [-0.2, 0) is 5.41 Å². The molecule has 1 N–H and O–H groups in total. The molecule has 1 aromatic rings. The minimum atomic E-state index is -0.204. The normalized spacial score (nSPS) is 11.5. The van der Waals surface area contributed by atoms with Crippen LogP contribution < -0.4 is 0 Å². The van der Waals surface area contributed by atoms with E-state index in [1.54, 1.807) is 12.4 Å². The second-order valence-corrected chi connectivity index (χ2v) is 3.22. The van der Waals surface area contributed by atoms with E-state index < -0.39 is 0 Å². The third kappa shape index (κ3) is 1.77. The lowest BCUT2D eigenvalue weighted by Gasteiger charge is -2.20. The molecule has 0 aliphatic carbocycles. The number of rotatable bonds is 2. The molecule has 2 nitrogen and oxygen atoms in total. The minimum Gasteiger partial charge on any atom is -0.395 e. The quantitative estimate of drug-likeness (QED) is 0.686. The molecule has 0 amide bonds. The first kappa shape index (κ1) is 8.21. The molecule has 0 aliphatic heterocycles. The van der Waals surface area contributed by atoms with Crippen molar-refractivity contribution in [2.45, 2.75) is 19.3 Å². The molecule has 0 aromatic carbocycles. The van der Waals surface area contributed by atoms with E-state index in [0.717, 1.165) is 5.56 Å². The van der Waals surface area contributed by atoms with Crippen LogP contribution in [0.5, 0.6) is 0 Å². The maximum Gasteiger partial charge on any atom is 0.0523 e. The van der Waals surface area contributed by atoms with Gasteiger partial charge in [0.1, 0.15) is 0 Å². The summed E-state index contributed by atoms with van der Waals surface area (Å²) in [6.07, 6.45) is 3.36. The number of hydrogen-bond acceptors (Lipinski definition) is 2. The molecule has 1 rings (SSSR count). The number of aromatic nitrogens is 1. The average Bonchev–Trinajstić information content (AvgIpc) is 2.06. The summed E-state index contributed by atoms with van der Waals surface area (Å²) in [6, 6.07) is 4.73. The number of pyridine rings is 1. The van der Waals surface area contributed by atoms with Gasteiger partial charge < -0.3 is 5.11 Å². The number of nitrogens with zero attached hydrogens (tertiary/aromatic N) is 1. The van der Waals surface area contributed by atoms with Crippen LogP contribution >= 0.6 is 0 Å². The van der Waals surface area contributed by atoms with Crippen molar-refractivity contribution in [1.82, 2.24) is 4.98 Å². The molecule has 1 aromatic heterocycles. The summed E-state index contributed by atoms with van der Waals surface area (Å²) in [6.45, 7) is 4.07. The van der Waals surface area contributed by atoms with Crippen LogP contribution in [-0.4, -0.2) is 16.7 Å². The number of aliphatic hydroxyl groups is 1. The highest BCUT2D eigenvalue weighted by atomic mass is 16.3. The summed E-state index contributed by atoms with van der Waals surface area (Å²) in [5.41, 5.74) is 0.813. The third-order valence-corrected chi connectivity index (χ3v) is 1.78. The van der Waals surface area contributed by atoms with Crippen LogP contribution in [0, 0.1) is 6.07 Å². The molecule has 1 radical (unpaired) electrons. The molecule has 11 heavy (non-hydrogen) atoms. The zero-order valence-corrected chi connectivity index (χ0v) is 6.83.